The Kier molecular flexibility index (Phi) is 4.25. The van der Waals surface area contributed by atoms with Crippen molar-refractivity contribution in [3.05, 3.63) is 29.3 Å². The van der Waals surface area contributed by atoms with Gasteiger partial charge in [-0.1, -0.05) is 12.1 Å². The highest BCUT2D eigenvalue weighted by molar-refractivity contribution is 5.95. The molecular formula is C16H24N2O. The van der Waals surface area contributed by atoms with E-state index in [0.29, 0.717) is 12.5 Å². The number of nitrogens with zero attached hydrogens (tertiary/aromatic N) is 2. The number of hydrogen-bond acceptors (Lipinski definition) is 2. The van der Waals surface area contributed by atoms with Crippen molar-refractivity contribution in [2.45, 2.75) is 39.2 Å². The number of likely N-dealkylation sites (N-methyl/N-ethyl adjacent to an activating group) is 1. The fourth-order valence-corrected chi connectivity index (χ4v) is 2.43. The van der Waals surface area contributed by atoms with Crippen LogP contribution in [0.2, 0.25) is 0 Å². The van der Waals surface area contributed by atoms with Crippen LogP contribution >= 0.6 is 0 Å². The molecule has 1 aliphatic rings. The summed E-state index contributed by atoms with van der Waals surface area (Å²) in [4.78, 5) is 15.8. The summed E-state index contributed by atoms with van der Waals surface area (Å²) in [6, 6.07) is 7.10. The Morgan fingerprint density at radius 1 is 1.32 bits per heavy atom. The SMILES string of the molecule is CC(C)N(C)CCc1ccc2c(c1)CCC(=O)N2C. The van der Waals surface area contributed by atoms with Gasteiger partial charge in [0.05, 0.1) is 0 Å². The van der Waals surface area contributed by atoms with Crippen molar-refractivity contribution >= 4 is 11.6 Å². The van der Waals surface area contributed by atoms with E-state index in [2.05, 4.69) is 44.0 Å². The Hall–Kier alpha value is -1.35. The van der Waals surface area contributed by atoms with Crippen molar-refractivity contribution in [3.63, 3.8) is 0 Å². The van der Waals surface area contributed by atoms with E-state index in [1.165, 1.54) is 11.1 Å². The summed E-state index contributed by atoms with van der Waals surface area (Å²) >= 11 is 0. The zero-order valence-electron chi connectivity index (χ0n) is 12.4. The Bertz CT molecular complexity index is 468. The second kappa shape index (κ2) is 5.74. The van der Waals surface area contributed by atoms with E-state index in [-0.39, 0.29) is 5.91 Å². The van der Waals surface area contributed by atoms with Crippen LogP contribution in [0.3, 0.4) is 0 Å². The molecule has 1 heterocycles. The molecule has 0 atom stereocenters. The van der Waals surface area contributed by atoms with Crippen LogP contribution in [0.5, 0.6) is 0 Å². The largest absolute Gasteiger partial charge is 0.315 e. The fraction of sp³-hybridized carbons (Fsp3) is 0.562. The number of carbonyl (C=O) groups excluding carboxylic acids is 1. The number of benzene rings is 1. The smallest absolute Gasteiger partial charge is 0.227 e. The number of anilines is 1. The minimum absolute atomic E-state index is 0.222. The third kappa shape index (κ3) is 3.16. The molecule has 1 aliphatic heterocycles. The van der Waals surface area contributed by atoms with Crippen LogP contribution in [0.15, 0.2) is 18.2 Å². The van der Waals surface area contributed by atoms with Crippen LogP contribution in [-0.4, -0.2) is 37.5 Å². The Labute approximate surface area is 116 Å². The molecule has 0 fully saturated rings. The predicted molar refractivity (Wildman–Crippen MR) is 79.6 cm³/mol. The zero-order valence-corrected chi connectivity index (χ0v) is 12.4. The maximum atomic E-state index is 11.7. The highest BCUT2D eigenvalue weighted by atomic mass is 16.2. The molecule has 104 valence electrons. The maximum Gasteiger partial charge on any atom is 0.227 e. The van der Waals surface area contributed by atoms with Gasteiger partial charge in [-0.2, -0.15) is 0 Å². The molecule has 3 heteroatoms. The summed E-state index contributed by atoms with van der Waals surface area (Å²) < 4.78 is 0. The molecule has 0 N–H and O–H groups in total. The molecular weight excluding hydrogens is 236 g/mol. The first kappa shape index (κ1) is 14.1. The molecule has 1 aromatic carbocycles. The lowest BCUT2D eigenvalue weighted by atomic mass is 9.98. The quantitative estimate of drug-likeness (QED) is 0.830. The number of amides is 1. The van der Waals surface area contributed by atoms with Crippen molar-refractivity contribution in [1.29, 1.82) is 0 Å². The summed E-state index contributed by atoms with van der Waals surface area (Å²) in [6.45, 7) is 5.51. The fourth-order valence-electron chi connectivity index (χ4n) is 2.43. The molecule has 3 nitrogen and oxygen atoms in total. The van der Waals surface area contributed by atoms with Crippen molar-refractivity contribution < 1.29 is 4.79 Å². The molecule has 0 spiro atoms. The standard InChI is InChI=1S/C16H24N2O/c1-12(2)17(3)10-9-13-5-7-15-14(11-13)6-8-16(19)18(15)4/h5,7,11-12H,6,8-10H2,1-4H3. The van der Waals surface area contributed by atoms with Gasteiger partial charge in [0, 0.05) is 31.7 Å². The topological polar surface area (TPSA) is 23.6 Å². The van der Waals surface area contributed by atoms with Gasteiger partial charge in [-0.15, -0.1) is 0 Å². The lowest BCUT2D eigenvalue weighted by Gasteiger charge is -2.26. The van der Waals surface area contributed by atoms with Gasteiger partial charge in [-0.3, -0.25) is 4.79 Å². The van der Waals surface area contributed by atoms with E-state index >= 15 is 0 Å². The highest BCUT2D eigenvalue weighted by Gasteiger charge is 2.20. The van der Waals surface area contributed by atoms with Crippen molar-refractivity contribution in [2.75, 3.05) is 25.5 Å². The first-order valence-electron chi connectivity index (χ1n) is 7.07. The molecule has 0 saturated carbocycles. The third-order valence-corrected chi connectivity index (χ3v) is 4.12. The van der Waals surface area contributed by atoms with E-state index in [1.54, 1.807) is 4.90 Å². The molecule has 0 saturated heterocycles. The molecule has 2 rings (SSSR count). The summed E-state index contributed by atoms with van der Waals surface area (Å²) in [6.07, 6.45) is 2.59. The normalized spacial score (nSPS) is 15.3. The van der Waals surface area contributed by atoms with E-state index in [4.69, 9.17) is 0 Å². The summed E-state index contributed by atoms with van der Waals surface area (Å²) in [7, 11) is 4.03. The minimum Gasteiger partial charge on any atom is -0.315 e. The van der Waals surface area contributed by atoms with E-state index in [1.807, 2.05) is 7.05 Å². The Morgan fingerprint density at radius 3 is 2.74 bits per heavy atom. The van der Waals surface area contributed by atoms with Crippen LogP contribution in [0.25, 0.3) is 0 Å². The molecule has 0 aromatic heterocycles. The maximum absolute atomic E-state index is 11.7. The lowest BCUT2D eigenvalue weighted by molar-refractivity contribution is -0.118. The molecule has 0 bridgehead atoms. The molecule has 1 amide bonds. The summed E-state index contributed by atoms with van der Waals surface area (Å²) in [5.74, 6) is 0.222. The van der Waals surface area contributed by atoms with Gasteiger partial charge in [0.25, 0.3) is 0 Å². The molecule has 0 unspecified atom stereocenters. The third-order valence-electron chi connectivity index (χ3n) is 4.12. The van der Waals surface area contributed by atoms with Crippen molar-refractivity contribution in [3.8, 4) is 0 Å². The van der Waals surface area contributed by atoms with Gasteiger partial charge in [-0.25, -0.2) is 0 Å². The monoisotopic (exact) mass is 260 g/mol. The molecule has 0 aliphatic carbocycles. The summed E-state index contributed by atoms with van der Waals surface area (Å²) in [5, 5.41) is 0. The van der Waals surface area contributed by atoms with Gasteiger partial charge in [-0.05, 0) is 50.9 Å². The Balaban J connectivity index is 2.07. The predicted octanol–water partition coefficient (Wildman–Crippen LogP) is 2.48. The molecule has 1 aromatic rings. The van der Waals surface area contributed by atoms with E-state index in [0.717, 1.165) is 25.1 Å². The van der Waals surface area contributed by atoms with Crippen LogP contribution in [0.4, 0.5) is 5.69 Å². The molecule has 19 heavy (non-hydrogen) atoms. The lowest BCUT2D eigenvalue weighted by Crippen LogP contribution is -2.31. The number of aryl methyl sites for hydroxylation is 1. The average Bonchev–Trinajstić information content (AvgIpc) is 2.40. The average molecular weight is 260 g/mol. The van der Waals surface area contributed by atoms with Gasteiger partial charge in [0.15, 0.2) is 0 Å². The first-order chi connectivity index (χ1) is 8.99. The van der Waals surface area contributed by atoms with Gasteiger partial charge in [0.1, 0.15) is 0 Å². The number of fused-ring (bicyclic) bond motifs is 1. The summed E-state index contributed by atoms with van der Waals surface area (Å²) in [5.41, 5.74) is 3.76. The van der Waals surface area contributed by atoms with Gasteiger partial charge < -0.3 is 9.80 Å². The van der Waals surface area contributed by atoms with Crippen LogP contribution in [0.1, 0.15) is 31.4 Å². The second-order valence-corrected chi connectivity index (χ2v) is 5.74. The number of hydrogen-bond donors (Lipinski definition) is 0. The highest BCUT2D eigenvalue weighted by Crippen LogP contribution is 2.27. The van der Waals surface area contributed by atoms with Crippen LogP contribution in [0, 0.1) is 0 Å². The minimum atomic E-state index is 0.222. The zero-order chi connectivity index (χ0) is 14.0. The van der Waals surface area contributed by atoms with Gasteiger partial charge >= 0.3 is 0 Å². The second-order valence-electron chi connectivity index (χ2n) is 5.74. The van der Waals surface area contributed by atoms with Crippen LogP contribution < -0.4 is 4.90 Å². The van der Waals surface area contributed by atoms with E-state index in [9.17, 15) is 4.79 Å². The van der Waals surface area contributed by atoms with Gasteiger partial charge in [0.2, 0.25) is 5.91 Å². The first-order valence-corrected chi connectivity index (χ1v) is 7.07. The van der Waals surface area contributed by atoms with Crippen molar-refractivity contribution in [1.82, 2.24) is 4.90 Å². The van der Waals surface area contributed by atoms with Crippen LogP contribution in [-0.2, 0) is 17.6 Å². The van der Waals surface area contributed by atoms with E-state index < -0.39 is 0 Å². The number of rotatable bonds is 4. The Morgan fingerprint density at radius 2 is 2.05 bits per heavy atom. The van der Waals surface area contributed by atoms with Crippen molar-refractivity contribution in [2.24, 2.45) is 0 Å². The number of carbonyl (C=O) groups is 1. The molecule has 0 radical (unpaired) electrons.